The molecule has 1 amide bonds. The summed E-state index contributed by atoms with van der Waals surface area (Å²) >= 11 is 9.29. The predicted octanol–water partition coefficient (Wildman–Crippen LogP) is 4.61. The van der Waals surface area contributed by atoms with E-state index >= 15 is 0 Å². The molecule has 4 nitrogen and oxygen atoms in total. The lowest BCUT2D eigenvalue weighted by molar-refractivity contribution is -0.122. The Balaban J connectivity index is 1.92. The second kappa shape index (κ2) is 9.22. The van der Waals surface area contributed by atoms with Crippen molar-refractivity contribution in [1.82, 2.24) is 4.90 Å². The fourth-order valence-electron chi connectivity index (χ4n) is 2.17. The Morgan fingerprint density at radius 2 is 1.92 bits per heavy atom. The molecule has 0 saturated heterocycles. The van der Waals surface area contributed by atoms with Gasteiger partial charge < -0.3 is 15.0 Å². The Kier molecular flexibility index (Phi) is 7.29. The molecule has 0 aliphatic rings. The lowest BCUT2D eigenvalue weighted by Gasteiger charge is -2.16. The summed E-state index contributed by atoms with van der Waals surface area (Å²) in [4.78, 5) is 14.5. The number of carbonyl (C=O) groups excluding carboxylic acids is 1. The number of benzene rings is 2. The Bertz CT molecular complexity index is 720. The summed E-state index contributed by atoms with van der Waals surface area (Å²) in [6, 6.07) is 13.1. The van der Waals surface area contributed by atoms with Gasteiger partial charge in [-0.05, 0) is 79.3 Å². The molecule has 0 saturated carbocycles. The van der Waals surface area contributed by atoms with Gasteiger partial charge in [0.05, 0.1) is 4.47 Å². The molecule has 2 aromatic rings. The molecular formula is C19H22BrClN2O2. The van der Waals surface area contributed by atoms with Crippen LogP contribution in [0.4, 0.5) is 5.69 Å². The van der Waals surface area contributed by atoms with E-state index < -0.39 is 6.10 Å². The molecule has 0 bridgehead atoms. The summed E-state index contributed by atoms with van der Waals surface area (Å²) in [5, 5.41) is 3.47. The molecule has 0 radical (unpaired) electrons. The fraction of sp³-hybridized carbons (Fsp3) is 0.316. The Morgan fingerprint density at radius 1 is 1.24 bits per heavy atom. The standard InChI is InChI=1S/C19H22BrClN2O2/c1-13(25-18-9-6-15(21)12-17(18)20)19(24)22-16-7-4-14(5-8-16)10-11-23(2)3/h4-9,12-13H,10-11H2,1-3H3,(H,22,24). The molecule has 1 unspecified atom stereocenters. The molecule has 0 spiro atoms. The monoisotopic (exact) mass is 424 g/mol. The minimum atomic E-state index is -0.633. The molecular weight excluding hydrogens is 404 g/mol. The molecule has 0 heterocycles. The number of likely N-dealkylation sites (N-methyl/N-ethyl adjacent to an activating group) is 1. The summed E-state index contributed by atoms with van der Waals surface area (Å²) < 4.78 is 6.41. The van der Waals surface area contributed by atoms with Crippen molar-refractivity contribution in [2.24, 2.45) is 0 Å². The quantitative estimate of drug-likeness (QED) is 0.704. The van der Waals surface area contributed by atoms with Gasteiger partial charge >= 0.3 is 0 Å². The van der Waals surface area contributed by atoms with E-state index in [1.807, 2.05) is 24.3 Å². The highest BCUT2D eigenvalue weighted by molar-refractivity contribution is 9.10. The van der Waals surface area contributed by atoms with Crippen LogP contribution in [0.15, 0.2) is 46.9 Å². The van der Waals surface area contributed by atoms with Crippen molar-refractivity contribution in [2.75, 3.05) is 26.0 Å². The van der Waals surface area contributed by atoms with Gasteiger partial charge in [-0.3, -0.25) is 4.79 Å². The van der Waals surface area contributed by atoms with Crippen molar-refractivity contribution in [2.45, 2.75) is 19.4 Å². The van der Waals surface area contributed by atoms with E-state index in [0.29, 0.717) is 15.2 Å². The smallest absolute Gasteiger partial charge is 0.265 e. The molecule has 2 aromatic carbocycles. The lowest BCUT2D eigenvalue weighted by Crippen LogP contribution is -2.30. The van der Waals surface area contributed by atoms with E-state index in [-0.39, 0.29) is 5.91 Å². The average Bonchev–Trinajstić information content (AvgIpc) is 2.56. The van der Waals surface area contributed by atoms with Crippen LogP contribution in [-0.2, 0) is 11.2 Å². The highest BCUT2D eigenvalue weighted by Crippen LogP contribution is 2.28. The molecule has 2 rings (SSSR count). The molecule has 1 atom stereocenters. The molecule has 0 aliphatic carbocycles. The van der Waals surface area contributed by atoms with Crippen molar-refractivity contribution >= 4 is 39.1 Å². The number of hydrogen-bond acceptors (Lipinski definition) is 3. The first kappa shape index (κ1) is 19.8. The van der Waals surface area contributed by atoms with Crippen LogP contribution in [-0.4, -0.2) is 37.6 Å². The van der Waals surface area contributed by atoms with Crippen molar-refractivity contribution < 1.29 is 9.53 Å². The number of nitrogens with zero attached hydrogens (tertiary/aromatic N) is 1. The maximum Gasteiger partial charge on any atom is 0.265 e. The van der Waals surface area contributed by atoms with Gasteiger partial charge in [-0.15, -0.1) is 0 Å². The molecule has 0 aliphatic heterocycles. The van der Waals surface area contributed by atoms with Crippen LogP contribution < -0.4 is 10.1 Å². The van der Waals surface area contributed by atoms with Crippen LogP contribution >= 0.6 is 27.5 Å². The number of rotatable bonds is 7. The number of hydrogen-bond donors (Lipinski definition) is 1. The van der Waals surface area contributed by atoms with Crippen molar-refractivity contribution in [1.29, 1.82) is 0 Å². The van der Waals surface area contributed by atoms with Gasteiger partial charge in [0, 0.05) is 17.3 Å². The first-order valence-corrected chi connectivity index (χ1v) is 9.18. The molecule has 1 N–H and O–H groups in total. The molecule has 0 aromatic heterocycles. The molecule has 6 heteroatoms. The van der Waals surface area contributed by atoms with E-state index in [9.17, 15) is 4.79 Å². The zero-order chi connectivity index (χ0) is 18.4. The van der Waals surface area contributed by atoms with Gasteiger partial charge in [0.2, 0.25) is 0 Å². The van der Waals surface area contributed by atoms with E-state index in [1.165, 1.54) is 5.56 Å². The van der Waals surface area contributed by atoms with Crippen LogP contribution in [0.25, 0.3) is 0 Å². The Hall–Kier alpha value is -1.56. The first-order chi connectivity index (χ1) is 11.8. The van der Waals surface area contributed by atoms with E-state index in [1.54, 1.807) is 25.1 Å². The van der Waals surface area contributed by atoms with Crippen molar-refractivity contribution in [3.8, 4) is 5.75 Å². The van der Waals surface area contributed by atoms with Crippen LogP contribution in [0, 0.1) is 0 Å². The van der Waals surface area contributed by atoms with E-state index in [0.717, 1.165) is 18.7 Å². The van der Waals surface area contributed by atoms with Crippen LogP contribution in [0.1, 0.15) is 12.5 Å². The molecule has 0 fully saturated rings. The average molecular weight is 426 g/mol. The highest BCUT2D eigenvalue weighted by Gasteiger charge is 2.16. The number of nitrogens with one attached hydrogen (secondary N) is 1. The fourth-order valence-corrected chi connectivity index (χ4v) is 2.94. The number of halogens is 2. The topological polar surface area (TPSA) is 41.6 Å². The number of amides is 1. The van der Waals surface area contributed by atoms with Gasteiger partial charge in [-0.25, -0.2) is 0 Å². The second-order valence-corrected chi connectivity index (χ2v) is 7.37. The van der Waals surface area contributed by atoms with Gasteiger partial charge in [-0.2, -0.15) is 0 Å². The number of carbonyl (C=O) groups is 1. The number of ether oxygens (including phenoxy) is 1. The maximum atomic E-state index is 12.3. The lowest BCUT2D eigenvalue weighted by atomic mass is 10.1. The minimum absolute atomic E-state index is 0.206. The normalized spacial score (nSPS) is 12.1. The van der Waals surface area contributed by atoms with E-state index in [2.05, 4.69) is 40.2 Å². The number of anilines is 1. The minimum Gasteiger partial charge on any atom is -0.480 e. The molecule has 25 heavy (non-hydrogen) atoms. The van der Waals surface area contributed by atoms with Crippen LogP contribution in [0.5, 0.6) is 5.75 Å². The second-order valence-electron chi connectivity index (χ2n) is 6.07. The van der Waals surface area contributed by atoms with Gasteiger partial charge in [0.1, 0.15) is 5.75 Å². The Morgan fingerprint density at radius 3 is 2.52 bits per heavy atom. The Labute approximate surface area is 162 Å². The van der Waals surface area contributed by atoms with Gasteiger partial charge in [0.25, 0.3) is 5.91 Å². The zero-order valence-corrected chi connectivity index (χ0v) is 16.9. The third-order valence-corrected chi connectivity index (χ3v) is 4.49. The molecule has 134 valence electrons. The van der Waals surface area contributed by atoms with Gasteiger partial charge in [0.15, 0.2) is 6.10 Å². The largest absolute Gasteiger partial charge is 0.480 e. The third kappa shape index (κ3) is 6.34. The maximum absolute atomic E-state index is 12.3. The third-order valence-electron chi connectivity index (χ3n) is 3.64. The SMILES string of the molecule is CC(Oc1ccc(Cl)cc1Br)C(=O)Nc1ccc(CCN(C)C)cc1. The predicted molar refractivity (Wildman–Crippen MR) is 107 cm³/mol. The van der Waals surface area contributed by atoms with Crippen LogP contribution in [0.3, 0.4) is 0 Å². The zero-order valence-electron chi connectivity index (χ0n) is 14.6. The van der Waals surface area contributed by atoms with Gasteiger partial charge in [-0.1, -0.05) is 23.7 Å². The first-order valence-electron chi connectivity index (χ1n) is 8.01. The summed E-state index contributed by atoms with van der Waals surface area (Å²) in [6.45, 7) is 2.70. The summed E-state index contributed by atoms with van der Waals surface area (Å²) in [5.41, 5.74) is 1.99. The van der Waals surface area contributed by atoms with E-state index in [4.69, 9.17) is 16.3 Å². The summed E-state index contributed by atoms with van der Waals surface area (Å²) in [6.07, 6.45) is 0.344. The van der Waals surface area contributed by atoms with Crippen molar-refractivity contribution in [3.63, 3.8) is 0 Å². The van der Waals surface area contributed by atoms with Crippen molar-refractivity contribution in [3.05, 3.63) is 57.5 Å². The highest BCUT2D eigenvalue weighted by atomic mass is 79.9. The summed E-state index contributed by atoms with van der Waals surface area (Å²) in [7, 11) is 4.10. The van der Waals surface area contributed by atoms with Crippen LogP contribution in [0.2, 0.25) is 5.02 Å². The summed E-state index contributed by atoms with van der Waals surface area (Å²) in [5.74, 6) is 0.369.